The average molecular weight is 215 g/mol. The number of nitrogens with zero attached hydrogens (tertiary/aromatic N) is 2. The predicted octanol–water partition coefficient (Wildman–Crippen LogP) is 1.33. The molecule has 0 fully saturated rings. The minimum Gasteiger partial charge on any atom is -0.329 e. The number of carbonyl (C=O) groups excluding carboxylic acids is 1. The molecule has 6 heteroatoms. The Morgan fingerprint density at radius 2 is 1.87 bits per heavy atom. The summed E-state index contributed by atoms with van der Waals surface area (Å²) in [5.74, 6) is 3.38. The maximum absolute atomic E-state index is 12.8. The van der Waals surface area contributed by atoms with Crippen LogP contribution in [0.4, 0.5) is 19.3 Å². The van der Waals surface area contributed by atoms with Crippen molar-refractivity contribution in [1.29, 1.82) is 0 Å². The Morgan fingerprint density at radius 3 is 2.33 bits per heavy atom. The molecule has 0 heterocycles. The molecule has 2 amide bonds. The molecular weight excluding hydrogens is 204 g/mol. The maximum atomic E-state index is 12.8. The largest absolute Gasteiger partial charge is 0.338 e. The number of hydrogen-bond donors (Lipinski definition) is 1. The molecule has 0 aliphatic carbocycles. The second-order valence-corrected chi connectivity index (χ2v) is 3.15. The lowest BCUT2D eigenvalue weighted by Gasteiger charge is -2.21. The SMILES string of the molecule is CN(C)C(=O)N(N)c1ccc(F)c(F)c1. The van der Waals surface area contributed by atoms with E-state index in [4.69, 9.17) is 5.84 Å². The van der Waals surface area contributed by atoms with Crippen LogP contribution in [0.1, 0.15) is 0 Å². The molecule has 2 N–H and O–H groups in total. The summed E-state index contributed by atoms with van der Waals surface area (Å²) in [5, 5.41) is 0.739. The van der Waals surface area contributed by atoms with E-state index in [1.165, 1.54) is 25.1 Å². The van der Waals surface area contributed by atoms with Crippen LogP contribution in [0.2, 0.25) is 0 Å². The Kier molecular flexibility index (Phi) is 3.21. The zero-order valence-corrected chi connectivity index (χ0v) is 8.37. The summed E-state index contributed by atoms with van der Waals surface area (Å²) in [4.78, 5) is 12.6. The maximum Gasteiger partial charge on any atom is 0.338 e. The Morgan fingerprint density at radius 1 is 1.27 bits per heavy atom. The number of amides is 2. The van der Waals surface area contributed by atoms with E-state index in [2.05, 4.69) is 0 Å². The number of hydrogen-bond acceptors (Lipinski definition) is 2. The van der Waals surface area contributed by atoms with Crippen molar-refractivity contribution in [3.05, 3.63) is 29.8 Å². The number of rotatable bonds is 1. The Bertz CT molecular complexity index is 382. The van der Waals surface area contributed by atoms with Gasteiger partial charge in [-0.05, 0) is 12.1 Å². The van der Waals surface area contributed by atoms with Gasteiger partial charge < -0.3 is 4.90 Å². The van der Waals surface area contributed by atoms with Crippen LogP contribution in [-0.4, -0.2) is 25.0 Å². The fourth-order valence-corrected chi connectivity index (χ4v) is 0.961. The minimum absolute atomic E-state index is 0.0904. The molecule has 1 rings (SSSR count). The number of benzene rings is 1. The summed E-state index contributed by atoms with van der Waals surface area (Å²) in [6.07, 6.45) is 0. The zero-order chi connectivity index (χ0) is 11.6. The van der Waals surface area contributed by atoms with Crippen LogP contribution >= 0.6 is 0 Å². The van der Waals surface area contributed by atoms with Crippen molar-refractivity contribution < 1.29 is 13.6 Å². The second kappa shape index (κ2) is 4.22. The van der Waals surface area contributed by atoms with Gasteiger partial charge >= 0.3 is 6.03 Å². The molecule has 0 aromatic heterocycles. The zero-order valence-electron chi connectivity index (χ0n) is 8.37. The van der Waals surface area contributed by atoms with Crippen LogP contribution in [0.3, 0.4) is 0 Å². The highest BCUT2D eigenvalue weighted by atomic mass is 19.2. The third-order valence-corrected chi connectivity index (χ3v) is 1.77. The van der Waals surface area contributed by atoms with E-state index in [1.54, 1.807) is 0 Å². The third kappa shape index (κ3) is 2.41. The molecule has 0 saturated heterocycles. The number of halogens is 2. The van der Waals surface area contributed by atoms with Crippen LogP contribution in [0.15, 0.2) is 18.2 Å². The van der Waals surface area contributed by atoms with Gasteiger partial charge in [-0.3, -0.25) is 0 Å². The van der Waals surface area contributed by atoms with Gasteiger partial charge in [0.2, 0.25) is 0 Å². The molecule has 0 radical (unpaired) electrons. The monoisotopic (exact) mass is 215 g/mol. The van der Waals surface area contributed by atoms with Gasteiger partial charge in [0.1, 0.15) is 0 Å². The van der Waals surface area contributed by atoms with E-state index < -0.39 is 17.7 Å². The van der Waals surface area contributed by atoms with E-state index in [-0.39, 0.29) is 5.69 Å². The molecule has 4 nitrogen and oxygen atoms in total. The molecule has 1 aromatic carbocycles. The summed E-state index contributed by atoms with van der Waals surface area (Å²) in [6, 6.07) is 2.46. The van der Waals surface area contributed by atoms with Gasteiger partial charge in [-0.2, -0.15) is 0 Å². The van der Waals surface area contributed by atoms with Crippen molar-refractivity contribution in [2.75, 3.05) is 19.1 Å². The highest BCUT2D eigenvalue weighted by molar-refractivity contribution is 5.90. The Balaban J connectivity index is 2.97. The lowest BCUT2D eigenvalue weighted by molar-refractivity contribution is 0.224. The van der Waals surface area contributed by atoms with Crippen molar-refractivity contribution in [2.24, 2.45) is 5.84 Å². The molecule has 1 aromatic rings. The standard InChI is InChI=1S/C9H11F2N3O/c1-13(2)9(15)14(12)6-3-4-7(10)8(11)5-6/h3-5H,12H2,1-2H3. The van der Waals surface area contributed by atoms with Crippen LogP contribution in [0.25, 0.3) is 0 Å². The van der Waals surface area contributed by atoms with E-state index in [0.717, 1.165) is 17.1 Å². The Labute approximate surface area is 85.8 Å². The molecule has 0 saturated carbocycles. The third-order valence-electron chi connectivity index (χ3n) is 1.77. The van der Waals surface area contributed by atoms with Crippen LogP contribution in [0.5, 0.6) is 0 Å². The fourth-order valence-electron chi connectivity index (χ4n) is 0.961. The van der Waals surface area contributed by atoms with Gasteiger partial charge in [0.15, 0.2) is 11.6 Å². The first-order valence-corrected chi connectivity index (χ1v) is 4.14. The van der Waals surface area contributed by atoms with Crippen LogP contribution < -0.4 is 10.9 Å². The number of carbonyl (C=O) groups is 1. The van der Waals surface area contributed by atoms with E-state index in [1.807, 2.05) is 0 Å². The van der Waals surface area contributed by atoms with Crippen molar-refractivity contribution in [1.82, 2.24) is 4.90 Å². The van der Waals surface area contributed by atoms with E-state index >= 15 is 0 Å². The molecule has 0 aliphatic heterocycles. The van der Waals surface area contributed by atoms with Crippen molar-refractivity contribution in [3.63, 3.8) is 0 Å². The van der Waals surface area contributed by atoms with Gasteiger partial charge in [0.25, 0.3) is 0 Å². The van der Waals surface area contributed by atoms with E-state index in [9.17, 15) is 13.6 Å². The molecule has 0 unspecified atom stereocenters. The molecule has 82 valence electrons. The molecule has 15 heavy (non-hydrogen) atoms. The minimum atomic E-state index is -1.05. The topological polar surface area (TPSA) is 49.6 Å². The summed E-state index contributed by atoms with van der Waals surface area (Å²) in [7, 11) is 3.00. The Hall–Kier alpha value is -1.69. The average Bonchev–Trinajstić information content (AvgIpc) is 2.19. The number of hydrazine groups is 1. The first kappa shape index (κ1) is 11.4. The van der Waals surface area contributed by atoms with Gasteiger partial charge in [-0.1, -0.05) is 0 Å². The number of anilines is 1. The van der Waals surface area contributed by atoms with Crippen molar-refractivity contribution >= 4 is 11.7 Å². The number of urea groups is 1. The summed E-state index contributed by atoms with van der Waals surface area (Å²) < 4.78 is 25.4. The van der Waals surface area contributed by atoms with Crippen LogP contribution in [-0.2, 0) is 0 Å². The summed E-state index contributed by atoms with van der Waals surface area (Å²) in [5.41, 5.74) is 0.0904. The lowest BCUT2D eigenvalue weighted by Crippen LogP contribution is -2.44. The van der Waals surface area contributed by atoms with Gasteiger partial charge in [-0.25, -0.2) is 24.4 Å². The van der Waals surface area contributed by atoms with Crippen molar-refractivity contribution in [2.45, 2.75) is 0 Å². The second-order valence-electron chi connectivity index (χ2n) is 3.15. The quantitative estimate of drug-likeness (QED) is 0.436. The van der Waals surface area contributed by atoms with E-state index in [0.29, 0.717) is 0 Å². The van der Waals surface area contributed by atoms with Gasteiger partial charge in [0, 0.05) is 20.2 Å². The smallest absolute Gasteiger partial charge is 0.329 e. The molecular formula is C9H11F2N3O. The lowest BCUT2D eigenvalue weighted by atomic mass is 10.3. The van der Waals surface area contributed by atoms with Gasteiger partial charge in [0.05, 0.1) is 5.69 Å². The fraction of sp³-hybridized carbons (Fsp3) is 0.222. The van der Waals surface area contributed by atoms with Crippen molar-refractivity contribution in [3.8, 4) is 0 Å². The highest BCUT2D eigenvalue weighted by Crippen LogP contribution is 2.16. The number of nitrogens with two attached hydrogens (primary N) is 1. The highest BCUT2D eigenvalue weighted by Gasteiger charge is 2.15. The molecule has 0 spiro atoms. The van der Waals surface area contributed by atoms with Crippen LogP contribution in [0, 0.1) is 11.6 Å². The first-order valence-electron chi connectivity index (χ1n) is 4.14. The summed E-state index contributed by atoms with van der Waals surface area (Å²) >= 11 is 0. The first-order chi connectivity index (χ1) is 6.93. The predicted molar refractivity (Wildman–Crippen MR) is 52.1 cm³/mol. The molecule has 0 bridgehead atoms. The molecule has 0 atom stereocenters. The molecule has 0 aliphatic rings. The van der Waals surface area contributed by atoms with Gasteiger partial charge in [-0.15, -0.1) is 0 Å². The summed E-state index contributed by atoms with van der Waals surface area (Å²) in [6.45, 7) is 0. The normalized spacial score (nSPS) is 9.93.